The summed E-state index contributed by atoms with van der Waals surface area (Å²) in [6.45, 7) is 13.4. The summed E-state index contributed by atoms with van der Waals surface area (Å²) in [5.41, 5.74) is 2.73. The number of nitrogens with zero attached hydrogens (tertiary/aromatic N) is 2. The highest BCUT2D eigenvalue weighted by Crippen LogP contribution is 2.34. The molecule has 2 nitrogen and oxygen atoms in total. The Morgan fingerprint density at radius 1 is 0.816 bits per heavy atom. The molecule has 0 saturated carbocycles. The fourth-order valence-electron chi connectivity index (χ4n) is 3.66. The topological polar surface area (TPSA) is 0 Å². The van der Waals surface area contributed by atoms with Gasteiger partial charge in [-0.1, -0.05) is 99.9 Å². The summed E-state index contributed by atoms with van der Waals surface area (Å²) in [7, 11) is -1.00. The van der Waals surface area contributed by atoms with Gasteiger partial charge in [0, 0.05) is 0 Å². The molecule has 3 saturated heterocycles. The first-order valence-corrected chi connectivity index (χ1v) is 14.0. The molecule has 12 heteroatoms. The molecule has 3 fully saturated rings. The average molecular weight is 677 g/mol. The number of fused-ring (bicyclic) bond motifs is 3. The van der Waals surface area contributed by atoms with Gasteiger partial charge in [0.25, 0.3) is 0 Å². The third kappa shape index (κ3) is 9.94. The molecule has 3 heterocycles. The van der Waals surface area contributed by atoms with Gasteiger partial charge in [-0.25, -0.2) is 4.39 Å². The molecule has 2 aromatic carbocycles. The minimum Gasteiger partial charge on any atom is -0.297 e. The summed E-state index contributed by atoms with van der Waals surface area (Å²) in [5, 5.41) is 2.20. The second-order valence-corrected chi connectivity index (χ2v) is 11.5. The van der Waals surface area contributed by atoms with E-state index in [-0.39, 0.29) is 9.73 Å². The molecule has 0 radical (unpaired) electrons. The normalized spacial score (nSPS) is 21.5. The van der Waals surface area contributed by atoms with Gasteiger partial charge >= 0.3 is 0 Å². The molecule has 0 atom stereocenters. The molecular weight excluding hydrogens is 645 g/mol. The van der Waals surface area contributed by atoms with Crippen LogP contribution in [0.1, 0.15) is 19.4 Å². The SMILES string of the molecule is C=C(C)c1cc(Cl)c(Cl)c(Cl)c1.C=C(CF)c1cc(Cl)c(Cl)c(Cl)c1.F[N+]12CC[N+](CCl)(CC1)CC2.[2H]CF. The summed E-state index contributed by atoms with van der Waals surface area (Å²) in [6, 6.07) is 7.24. The van der Waals surface area contributed by atoms with Crippen LogP contribution in [0.15, 0.2) is 37.4 Å². The molecule has 212 valence electrons. The highest BCUT2D eigenvalue weighted by Gasteiger charge is 2.50. The van der Waals surface area contributed by atoms with Crippen molar-refractivity contribution in [1.29, 1.82) is 0 Å². The molecule has 0 aromatic heterocycles. The van der Waals surface area contributed by atoms with Crippen molar-refractivity contribution in [2.24, 2.45) is 0 Å². The lowest BCUT2D eigenvalue weighted by molar-refractivity contribution is -1.15. The molecule has 0 N–H and O–H groups in total. The van der Waals surface area contributed by atoms with Crippen molar-refractivity contribution in [2.45, 2.75) is 6.92 Å². The van der Waals surface area contributed by atoms with E-state index in [9.17, 15) is 13.3 Å². The summed E-state index contributed by atoms with van der Waals surface area (Å²) in [4.78, 5) is 0. The fourth-order valence-corrected chi connectivity index (χ4v) is 5.21. The molecule has 0 aliphatic carbocycles. The van der Waals surface area contributed by atoms with Crippen molar-refractivity contribution in [1.82, 2.24) is 0 Å². The lowest BCUT2D eigenvalue weighted by atomic mass is 10.1. The number of allylic oxidation sites excluding steroid dienone is 2. The maximum absolute atomic E-state index is 13.5. The standard InChI is InChI=1S/C9H6Cl3F.C9H7Cl3.C7H14ClFN2.CH3F/c1-5(4-13)6-2-7(10)9(12)8(11)3-6;1-5(2)6-3-7(10)9(12)8(11)4-6;8-7-10-1-4-11(9,5-2-10)6-3-10;1-2/h2-3H,1,4H2;3-4H,1H2,2H3;1-7H2;1H3/q;;+2;/i;;;1D. The lowest BCUT2D eigenvalue weighted by Gasteiger charge is -2.48. The Morgan fingerprint density at radius 2 is 1.16 bits per heavy atom. The van der Waals surface area contributed by atoms with Gasteiger partial charge in [-0.2, -0.15) is 0 Å². The molecule has 0 spiro atoms. The summed E-state index contributed by atoms with van der Waals surface area (Å²) < 4.78 is 42.0. The van der Waals surface area contributed by atoms with Crippen molar-refractivity contribution >= 4 is 92.4 Å². The second-order valence-electron chi connectivity index (χ2n) is 8.86. The maximum Gasteiger partial charge on any atom is 0.164 e. The van der Waals surface area contributed by atoms with Gasteiger partial charge in [0.2, 0.25) is 0 Å². The number of rotatable bonds is 4. The smallest absolute Gasteiger partial charge is 0.164 e. The van der Waals surface area contributed by atoms with Crippen LogP contribution in [0, 0.1) is 0 Å². The van der Waals surface area contributed by atoms with Crippen LogP contribution >= 0.6 is 81.2 Å². The minimum atomic E-state index is -1.00. The van der Waals surface area contributed by atoms with Crippen molar-refractivity contribution in [3.63, 3.8) is 0 Å². The molecule has 2 bridgehead atoms. The molecule has 0 amide bonds. The molecule has 38 heavy (non-hydrogen) atoms. The largest absolute Gasteiger partial charge is 0.297 e. The van der Waals surface area contributed by atoms with Crippen LogP contribution < -0.4 is 0 Å². The van der Waals surface area contributed by atoms with E-state index < -0.39 is 13.8 Å². The number of quaternary nitrogens is 2. The Hall–Kier alpha value is -0.340. The second kappa shape index (κ2) is 16.2. The Bertz CT molecular complexity index is 1080. The quantitative estimate of drug-likeness (QED) is 0.0994. The maximum atomic E-state index is 13.5. The van der Waals surface area contributed by atoms with E-state index in [1.54, 1.807) is 12.1 Å². The number of benzene rings is 2. The van der Waals surface area contributed by atoms with Gasteiger partial charge in [-0.15, -0.1) is 4.71 Å². The lowest BCUT2D eigenvalue weighted by Crippen LogP contribution is -2.71. The Labute approximate surface area is 259 Å². The van der Waals surface area contributed by atoms with Crippen LogP contribution in [0.4, 0.5) is 13.3 Å². The molecule has 2 aromatic rings. The Balaban J connectivity index is 0.000000279. The molecule has 3 aliphatic rings. The van der Waals surface area contributed by atoms with Gasteiger partial charge in [-0.3, -0.25) is 8.87 Å². The van der Waals surface area contributed by atoms with E-state index in [2.05, 4.69) is 13.2 Å². The zero-order chi connectivity index (χ0) is 30.0. The number of hydrogen-bond acceptors (Lipinski definition) is 0. The van der Waals surface area contributed by atoms with Crippen LogP contribution in [0.5, 0.6) is 0 Å². The summed E-state index contributed by atoms with van der Waals surface area (Å²) in [5.74, 6) is 0. The van der Waals surface area contributed by atoms with Crippen LogP contribution in [-0.4, -0.2) is 68.3 Å². The predicted octanol–water partition coefficient (Wildman–Crippen LogP) is 10.6. The summed E-state index contributed by atoms with van der Waals surface area (Å²) in [6.07, 6.45) is 0. The van der Waals surface area contributed by atoms with E-state index in [1.807, 2.05) is 6.92 Å². The fraction of sp³-hybridized carbons (Fsp3) is 0.385. The minimum absolute atomic E-state index is 0.198. The first-order valence-electron chi connectivity index (χ1n) is 11.9. The van der Waals surface area contributed by atoms with E-state index in [4.69, 9.17) is 82.6 Å². The van der Waals surface area contributed by atoms with Crippen molar-refractivity contribution in [3.8, 4) is 0 Å². The highest BCUT2D eigenvalue weighted by atomic mass is 35.5. The highest BCUT2D eigenvalue weighted by molar-refractivity contribution is 6.48. The van der Waals surface area contributed by atoms with Crippen molar-refractivity contribution in [2.75, 3.05) is 59.1 Å². The Kier molecular flexibility index (Phi) is 14.4. The Morgan fingerprint density at radius 3 is 1.45 bits per heavy atom. The zero-order valence-corrected chi connectivity index (χ0v) is 26.1. The van der Waals surface area contributed by atoms with Crippen molar-refractivity contribution < 1.29 is 23.8 Å². The van der Waals surface area contributed by atoms with E-state index in [0.29, 0.717) is 61.9 Å². The van der Waals surface area contributed by atoms with E-state index >= 15 is 0 Å². The van der Waals surface area contributed by atoms with Gasteiger partial charge < -0.3 is 0 Å². The van der Waals surface area contributed by atoms with Gasteiger partial charge in [0.1, 0.15) is 26.3 Å². The number of alkyl halides is 3. The number of halogens is 10. The van der Waals surface area contributed by atoms with Gasteiger partial charge in [-0.05, 0) is 52.4 Å². The third-order valence-electron chi connectivity index (χ3n) is 6.21. The van der Waals surface area contributed by atoms with Gasteiger partial charge in [0.15, 0.2) is 25.6 Å². The van der Waals surface area contributed by atoms with E-state index in [0.717, 1.165) is 35.3 Å². The first-order chi connectivity index (χ1) is 18.2. The zero-order valence-electron chi connectivity index (χ0n) is 21.8. The molecule has 3 aliphatic heterocycles. The number of piperazine rings is 3. The third-order valence-corrected chi connectivity index (χ3v) is 9.11. The van der Waals surface area contributed by atoms with Crippen LogP contribution in [-0.2, 0) is 0 Å². The van der Waals surface area contributed by atoms with Gasteiger partial charge in [0.05, 0.1) is 38.7 Å². The van der Waals surface area contributed by atoms with Crippen LogP contribution in [0.3, 0.4) is 0 Å². The molecule has 5 rings (SSSR count). The molecular formula is C26H30Cl7F3N2+2. The summed E-state index contributed by atoms with van der Waals surface area (Å²) >= 11 is 40.4. The number of hydrogen-bond donors (Lipinski definition) is 0. The predicted molar refractivity (Wildman–Crippen MR) is 161 cm³/mol. The van der Waals surface area contributed by atoms with Crippen LogP contribution in [0.2, 0.25) is 30.1 Å². The average Bonchev–Trinajstić information content (AvgIpc) is 2.91. The van der Waals surface area contributed by atoms with Crippen molar-refractivity contribution in [3.05, 3.63) is 78.7 Å². The molecule has 0 unspecified atom stereocenters. The first kappa shape index (κ1) is 33.9. The monoisotopic (exact) mass is 673 g/mol. The van der Waals surface area contributed by atoms with Crippen LogP contribution in [0.25, 0.3) is 11.1 Å². The van der Waals surface area contributed by atoms with E-state index in [1.165, 1.54) is 12.1 Å².